The van der Waals surface area contributed by atoms with Crippen molar-refractivity contribution >= 4 is 11.9 Å². The van der Waals surface area contributed by atoms with E-state index in [0.29, 0.717) is 23.4 Å². The van der Waals surface area contributed by atoms with Crippen LogP contribution >= 0.6 is 0 Å². The van der Waals surface area contributed by atoms with Crippen LogP contribution in [0.5, 0.6) is 5.75 Å². The fourth-order valence-corrected chi connectivity index (χ4v) is 2.84. The van der Waals surface area contributed by atoms with Crippen molar-refractivity contribution < 1.29 is 45.8 Å². The minimum absolute atomic E-state index is 0.0524. The minimum atomic E-state index is -5.06. The van der Waals surface area contributed by atoms with Crippen molar-refractivity contribution in [3.63, 3.8) is 0 Å². The zero-order valence-electron chi connectivity index (χ0n) is 16.0. The first-order valence-corrected chi connectivity index (χ1v) is 8.73. The fourth-order valence-electron chi connectivity index (χ4n) is 2.84. The number of methoxy groups -OCH3 is 1. The summed E-state index contributed by atoms with van der Waals surface area (Å²) in [6.45, 7) is 0. The number of aliphatic carboxylic acids is 1. The van der Waals surface area contributed by atoms with Crippen molar-refractivity contribution in [3.8, 4) is 5.75 Å². The quantitative estimate of drug-likeness (QED) is 0.625. The van der Waals surface area contributed by atoms with Gasteiger partial charge in [0.1, 0.15) is 11.8 Å². The zero-order chi connectivity index (χ0) is 23.4. The lowest BCUT2D eigenvalue weighted by Crippen LogP contribution is -2.43. The second-order valence-corrected chi connectivity index (χ2v) is 6.57. The summed E-state index contributed by atoms with van der Waals surface area (Å²) in [5.41, 5.74) is -3.24. The normalized spacial score (nSPS) is 12.9. The van der Waals surface area contributed by atoms with Gasteiger partial charge in [-0.15, -0.1) is 0 Å². The van der Waals surface area contributed by atoms with Gasteiger partial charge in [0.15, 0.2) is 0 Å². The molecule has 0 aliphatic rings. The van der Waals surface area contributed by atoms with E-state index < -0.39 is 53.4 Å². The Morgan fingerprint density at radius 2 is 1.55 bits per heavy atom. The number of carboxylic acid groups (broad SMARTS) is 1. The van der Waals surface area contributed by atoms with E-state index in [1.54, 1.807) is 24.3 Å². The number of amides is 1. The second kappa shape index (κ2) is 9.27. The maximum absolute atomic E-state index is 12.9. The van der Waals surface area contributed by atoms with Gasteiger partial charge in [0.25, 0.3) is 0 Å². The summed E-state index contributed by atoms with van der Waals surface area (Å²) in [5, 5.41) is 11.5. The lowest BCUT2D eigenvalue weighted by atomic mass is 10.0. The summed E-state index contributed by atoms with van der Waals surface area (Å²) >= 11 is 0. The summed E-state index contributed by atoms with van der Waals surface area (Å²) in [7, 11) is 1.36. The molecule has 2 aromatic carbocycles. The molecule has 1 atom stereocenters. The molecule has 0 bridgehead atoms. The predicted molar refractivity (Wildman–Crippen MR) is 96.4 cm³/mol. The van der Waals surface area contributed by atoms with Gasteiger partial charge >= 0.3 is 18.3 Å². The predicted octanol–water partition coefficient (Wildman–Crippen LogP) is 4.09. The number of halogens is 6. The number of benzene rings is 2. The lowest BCUT2D eigenvalue weighted by molar-refractivity contribution is -0.143. The van der Waals surface area contributed by atoms with E-state index in [1.807, 2.05) is 0 Å². The Labute approximate surface area is 172 Å². The highest BCUT2D eigenvalue weighted by Gasteiger charge is 2.37. The molecule has 2 rings (SSSR count). The molecule has 0 saturated carbocycles. The minimum Gasteiger partial charge on any atom is -0.496 e. The molecule has 0 unspecified atom stereocenters. The first-order valence-electron chi connectivity index (χ1n) is 8.73. The Balaban J connectivity index is 2.24. The van der Waals surface area contributed by atoms with Gasteiger partial charge in [-0.3, -0.25) is 4.79 Å². The molecule has 0 spiro atoms. The number of para-hydroxylation sites is 1. The van der Waals surface area contributed by atoms with Crippen molar-refractivity contribution in [3.05, 3.63) is 64.7 Å². The van der Waals surface area contributed by atoms with Crippen LogP contribution in [0.4, 0.5) is 26.3 Å². The van der Waals surface area contributed by atoms with Gasteiger partial charge in [0.05, 0.1) is 24.7 Å². The van der Waals surface area contributed by atoms with E-state index in [2.05, 4.69) is 5.32 Å². The highest BCUT2D eigenvalue weighted by Crippen LogP contribution is 2.36. The van der Waals surface area contributed by atoms with Crippen LogP contribution < -0.4 is 10.1 Å². The number of alkyl halides is 6. The summed E-state index contributed by atoms with van der Waals surface area (Å²) in [4.78, 5) is 23.7. The van der Waals surface area contributed by atoms with E-state index in [0.717, 1.165) is 0 Å². The average Bonchev–Trinajstić information content (AvgIpc) is 2.66. The molecule has 0 saturated heterocycles. The highest BCUT2D eigenvalue weighted by atomic mass is 19.4. The number of hydrogen-bond acceptors (Lipinski definition) is 3. The SMILES string of the molecule is COc1ccccc1C[C@@H](NC(=O)Cc1cc(C(F)(F)F)cc(C(F)(F)F)c1)C(=O)O. The number of carbonyl (C=O) groups excluding carboxylic acids is 1. The standard InChI is InChI=1S/C20H17F6NO4/c1-31-16-5-3-2-4-12(16)9-15(18(29)30)27-17(28)8-11-6-13(19(21,22)23)10-14(7-11)20(24,25)26/h2-7,10,15H,8-9H2,1H3,(H,27,28)(H,29,30)/t15-/m1/s1. The molecular weight excluding hydrogens is 432 g/mol. The van der Waals surface area contributed by atoms with E-state index in [1.165, 1.54) is 7.11 Å². The van der Waals surface area contributed by atoms with Crippen LogP contribution in [0.25, 0.3) is 0 Å². The van der Waals surface area contributed by atoms with Crippen LogP contribution in [-0.4, -0.2) is 30.1 Å². The Kier molecular flexibility index (Phi) is 7.19. The Bertz CT molecular complexity index is 923. The van der Waals surface area contributed by atoms with Crippen molar-refractivity contribution in [1.82, 2.24) is 5.32 Å². The van der Waals surface area contributed by atoms with Crippen molar-refractivity contribution in [2.45, 2.75) is 31.2 Å². The van der Waals surface area contributed by atoms with Crippen LogP contribution in [0, 0.1) is 0 Å². The van der Waals surface area contributed by atoms with Gasteiger partial charge in [-0.1, -0.05) is 18.2 Å². The molecule has 0 aliphatic heterocycles. The van der Waals surface area contributed by atoms with E-state index in [-0.39, 0.29) is 12.5 Å². The number of carboxylic acids is 1. The molecule has 0 aliphatic carbocycles. The van der Waals surface area contributed by atoms with Crippen molar-refractivity contribution in [1.29, 1.82) is 0 Å². The molecule has 0 radical (unpaired) electrons. The van der Waals surface area contributed by atoms with Crippen LogP contribution in [-0.2, 0) is 34.8 Å². The molecular formula is C20H17F6NO4. The summed E-state index contributed by atoms with van der Waals surface area (Å²) in [5.74, 6) is -2.12. The smallest absolute Gasteiger partial charge is 0.416 e. The van der Waals surface area contributed by atoms with Crippen LogP contribution in [0.15, 0.2) is 42.5 Å². The highest BCUT2D eigenvalue weighted by molar-refractivity contribution is 5.85. The molecule has 168 valence electrons. The Morgan fingerprint density at radius 3 is 2.03 bits per heavy atom. The maximum atomic E-state index is 12.9. The van der Waals surface area contributed by atoms with Gasteiger partial charge in [-0.2, -0.15) is 26.3 Å². The van der Waals surface area contributed by atoms with Crippen LogP contribution in [0.2, 0.25) is 0 Å². The van der Waals surface area contributed by atoms with Gasteiger partial charge in [0.2, 0.25) is 5.91 Å². The largest absolute Gasteiger partial charge is 0.496 e. The Hall–Kier alpha value is -3.24. The molecule has 5 nitrogen and oxygen atoms in total. The molecule has 2 N–H and O–H groups in total. The molecule has 0 fully saturated rings. The third-order valence-electron chi connectivity index (χ3n) is 4.26. The van der Waals surface area contributed by atoms with Gasteiger partial charge < -0.3 is 15.2 Å². The zero-order valence-corrected chi connectivity index (χ0v) is 16.0. The maximum Gasteiger partial charge on any atom is 0.416 e. The third-order valence-corrected chi connectivity index (χ3v) is 4.26. The number of nitrogens with one attached hydrogen (secondary N) is 1. The molecule has 1 amide bonds. The van der Waals surface area contributed by atoms with Crippen molar-refractivity contribution in [2.24, 2.45) is 0 Å². The van der Waals surface area contributed by atoms with E-state index in [4.69, 9.17) is 4.74 Å². The van der Waals surface area contributed by atoms with Crippen LogP contribution in [0.3, 0.4) is 0 Å². The Morgan fingerprint density at radius 1 is 1.00 bits per heavy atom. The topological polar surface area (TPSA) is 75.6 Å². The monoisotopic (exact) mass is 449 g/mol. The van der Waals surface area contributed by atoms with Gasteiger partial charge in [-0.05, 0) is 35.4 Å². The molecule has 2 aromatic rings. The van der Waals surface area contributed by atoms with Gasteiger partial charge in [-0.25, -0.2) is 4.79 Å². The number of ether oxygens (including phenoxy) is 1. The molecule has 31 heavy (non-hydrogen) atoms. The van der Waals surface area contributed by atoms with Gasteiger partial charge in [0, 0.05) is 6.42 Å². The van der Waals surface area contributed by atoms with E-state index >= 15 is 0 Å². The number of rotatable bonds is 7. The van der Waals surface area contributed by atoms with Crippen LogP contribution in [0.1, 0.15) is 22.3 Å². The lowest BCUT2D eigenvalue weighted by Gasteiger charge is -2.17. The summed E-state index contributed by atoms with van der Waals surface area (Å²) in [6, 6.07) is 5.69. The number of carbonyl (C=O) groups is 2. The average molecular weight is 449 g/mol. The van der Waals surface area contributed by atoms with E-state index in [9.17, 15) is 41.0 Å². The second-order valence-electron chi connectivity index (χ2n) is 6.57. The fraction of sp³-hybridized carbons (Fsp3) is 0.300. The summed E-state index contributed by atoms with van der Waals surface area (Å²) in [6.07, 6.45) is -11.2. The summed E-state index contributed by atoms with van der Waals surface area (Å²) < 4.78 is 82.8. The first-order chi connectivity index (χ1) is 14.3. The first kappa shape index (κ1) is 24.0. The molecule has 0 aromatic heterocycles. The third kappa shape index (κ3) is 6.63. The number of hydrogen-bond donors (Lipinski definition) is 2. The van der Waals surface area contributed by atoms with Crippen molar-refractivity contribution in [2.75, 3.05) is 7.11 Å². The molecule has 11 heteroatoms. The molecule has 0 heterocycles.